The minimum Gasteiger partial charge on any atom is -0.381 e. The molecule has 0 aliphatic carbocycles. The molecular weight excluding hydrogens is 302 g/mol. The first-order chi connectivity index (χ1) is 11.8. The molecule has 1 N–H and O–H groups in total. The molecule has 1 atom stereocenters. The fraction of sp³-hybridized carbons (Fsp3) is 0.444. The van der Waals surface area contributed by atoms with Crippen molar-refractivity contribution in [3.63, 3.8) is 0 Å². The van der Waals surface area contributed by atoms with Crippen LogP contribution in [0, 0.1) is 5.92 Å². The first-order valence-corrected chi connectivity index (χ1v) is 8.35. The number of aliphatic imine (C=N–C) groups is 1. The largest absolute Gasteiger partial charge is 0.381 e. The molecule has 2 heterocycles. The minimum atomic E-state index is 0.588. The highest BCUT2D eigenvalue weighted by atomic mass is 16.5. The van der Waals surface area contributed by atoms with Crippen molar-refractivity contribution in [2.45, 2.75) is 13.0 Å². The molecule has 1 fully saturated rings. The zero-order valence-corrected chi connectivity index (χ0v) is 14.4. The van der Waals surface area contributed by atoms with Crippen LogP contribution in [0.25, 0.3) is 5.69 Å². The van der Waals surface area contributed by atoms with E-state index < -0.39 is 0 Å². The van der Waals surface area contributed by atoms with Crippen LogP contribution in [-0.4, -0.2) is 54.5 Å². The van der Waals surface area contributed by atoms with E-state index in [-0.39, 0.29) is 0 Å². The maximum atomic E-state index is 5.46. The van der Waals surface area contributed by atoms with E-state index in [1.807, 2.05) is 36.1 Å². The molecule has 1 unspecified atom stereocenters. The van der Waals surface area contributed by atoms with Crippen LogP contribution >= 0.6 is 0 Å². The molecule has 0 bridgehead atoms. The lowest BCUT2D eigenvalue weighted by Gasteiger charge is -2.24. The first-order valence-electron chi connectivity index (χ1n) is 8.35. The van der Waals surface area contributed by atoms with Gasteiger partial charge in [0.15, 0.2) is 5.96 Å². The van der Waals surface area contributed by atoms with Crippen LogP contribution in [0.1, 0.15) is 12.0 Å². The summed E-state index contributed by atoms with van der Waals surface area (Å²) in [7, 11) is 3.90. The minimum absolute atomic E-state index is 0.588. The molecular formula is C18H25N5O. The van der Waals surface area contributed by atoms with Crippen LogP contribution in [0.5, 0.6) is 0 Å². The first kappa shape index (κ1) is 16.5. The van der Waals surface area contributed by atoms with Gasteiger partial charge in [-0.25, -0.2) is 4.68 Å². The van der Waals surface area contributed by atoms with Crippen LogP contribution in [0.4, 0.5) is 0 Å². The van der Waals surface area contributed by atoms with Crippen molar-refractivity contribution in [1.29, 1.82) is 0 Å². The van der Waals surface area contributed by atoms with Crippen molar-refractivity contribution in [3.05, 3.63) is 48.3 Å². The van der Waals surface area contributed by atoms with E-state index in [0.29, 0.717) is 12.5 Å². The van der Waals surface area contributed by atoms with Crippen molar-refractivity contribution in [3.8, 4) is 5.69 Å². The summed E-state index contributed by atoms with van der Waals surface area (Å²) < 4.78 is 7.35. The van der Waals surface area contributed by atoms with Crippen molar-refractivity contribution in [2.75, 3.05) is 33.9 Å². The third kappa shape index (κ3) is 3.94. The van der Waals surface area contributed by atoms with E-state index in [4.69, 9.17) is 4.74 Å². The summed E-state index contributed by atoms with van der Waals surface area (Å²) in [6.45, 7) is 3.39. The van der Waals surface area contributed by atoms with Crippen LogP contribution in [0.2, 0.25) is 0 Å². The third-order valence-corrected chi connectivity index (χ3v) is 4.31. The second kappa shape index (κ2) is 7.97. The quantitative estimate of drug-likeness (QED) is 0.673. The zero-order valence-electron chi connectivity index (χ0n) is 14.4. The second-order valence-corrected chi connectivity index (χ2v) is 6.09. The van der Waals surface area contributed by atoms with Gasteiger partial charge in [0, 0.05) is 52.1 Å². The summed E-state index contributed by atoms with van der Waals surface area (Å²) in [4.78, 5) is 6.58. The number of nitrogens with zero attached hydrogens (tertiary/aromatic N) is 4. The van der Waals surface area contributed by atoms with Crippen molar-refractivity contribution in [1.82, 2.24) is 20.0 Å². The Balaban J connectivity index is 1.64. The number of guanidine groups is 1. The molecule has 6 heteroatoms. The molecule has 24 heavy (non-hydrogen) atoms. The fourth-order valence-electron chi connectivity index (χ4n) is 3.06. The lowest BCUT2D eigenvalue weighted by atomic mass is 10.1. The van der Waals surface area contributed by atoms with Gasteiger partial charge in [-0.1, -0.05) is 18.2 Å². The highest BCUT2D eigenvalue weighted by Crippen LogP contribution is 2.15. The molecule has 0 saturated carbocycles. The number of hydrogen-bond donors (Lipinski definition) is 1. The molecule has 128 valence electrons. The third-order valence-electron chi connectivity index (χ3n) is 4.31. The average Bonchev–Trinajstić information content (AvgIpc) is 3.29. The van der Waals surface area contributed by atoms with Gasteiger partial charge >= 0.3 is 0 Å². The zero-order chi connectivity index (χ0) is 16.8. The van der Waals surface area contributed by atoms with Gasteiger partial charge in [0.1, 0.15) is 0 Å². The number of para-hydroxylation sites is 1. The molecule has 0 spiro atoms. The van der Waals surface area contributed by atoms with Crippen molar-refractivity contribution < 1.29 is 4.74 Å². The molecule has 2 aromatic rings. The highest BCUT2D eigenvalue weighted by Gasteiger charge is 2.19. The van der Waals surface area contributed by atoms with Crippen LogP contribution in [0.15, 0.2) is 47.7 Å². The molecule has 1 aliphatic heterocycles. The average molecular weight is 327 g/mol. The summed E-state index contributed by atoms with van der Waals surface area (Å²) in [6.07, 6.45) is 4.88. The molecule has 0 amide bonds. The number of aromatic nitrogens is 2. The summed E-state index contributed by atoms with van der Waals surface area (Å²) >= 11 is 0. The smallest absolute Gasteiger partial charge is 0.193 e. The Kier molecular flexibility index (Phi) is 5.48. The normalized spacial score (nSPS) is 17.9. The second-order valence-electron chi connectivity index (χ2n) is 6.09. The summed E-state index contributed by atoms with van der Waals surface area (Å²) in [6, 6.07) is 10.2. The van der Waals surface area contributed by atoms with Crippen LogP contribution in [-0.2, 0) is 11.3 Å². The maximum Gasteiger partial charge on any atom is 0.193 e. The van der Waals surface area contributed by atoms with Gasteiger partial charge in [-0.05, 0) is 24.1 Å². The molecule has 1 saturated heterocycles. The SMILES string of the molecule is CN=C(NCc1ccccc1-n1cccn1)N(C)CC1CCOC1. The van der Waals surface area contributed by atoms with E-state index in [2.05, 4.69) is 39.5 Å². The van der Waals surface area contributed by atoms with Crippen LogP contribution in [0.3, 0.4) is 0 Å². The summed E-state index contributed by atoms with van der Waals surface area (Å²) in [5, 5.41) is 7.79. The molecule has 1 aromatic carbocycles. The lowest BCUT2D eigenvalue weighted by Crippen LogP contribution is -2.41. The molecule has 0 radical (unpaired) electrons. The van der Waals surface area contributed by atoms with Crippen molar-refractivity contribution in [2.24, 2.45) is 10.9 Å². The monoisotopic (exact) mass is 327 g/mol. The van der Waals surface area contributed by atoms with E-state index in [1.54, 1.807) is 6.20 Å². The van der Waals surface area contributed by atoms with Gasteiger partial charge in [-0.2, -0.15) is 5.10 Å². The molecule has 1 aliphatic rings. The molecule has 6 nitrogen and oxygen atoms in total. The topological polar surface area (TPSA) is 54.7 Å². The fourth-order valence-corrected chi connectivity index (χ4v) is 3.06. The lowest BCUT2D eigenvalue weighted by molar-refractivity contribution is 0.181. The summed E-state index contributed by atoms with van der Waals surface area (Å²) in [5.74, 6) is 1.49. The Morgan fingerprint density at radius 1 is 1.42 bits per heavy atom. The number of hydrogen-bond acceptors (Lipinski definition) is 3. The van der Waals surface area contributed by atoms with E-state index in [1.165, 1.54) is 5.56 Å². The number of rotatable bonds is 5. The van der Waals surface area contributed by atoms with Gasteiger partial charge in [0.2, 0.25) is 0 Å². The van der Waals surface area contributed by atoms with E-state index in [0.717, 1.165) is 37.8 Å². The predicted molar refractivity (Wildman–Crippen MR) is 95.3 cm³/mol. The predicted octanol–water partition coefficient (Wildman–Crippen LogP) is 1.92. The van der Waals surface area contributed by atoms with Gasteiger partial charge in [0.25, 0.3) is 0 Å². The number of ether oxygens (including phenoxy) is 1. The number of benzene rings is 1. The van der Waals surface area contributed by atoms with Gasteiger partial charge in [-0.3, -0.25) is 4.99 Å². The van der Waals surface area contributed by atoms with Gasteiger partial charge in [-0.15, -0.1) is 0 Å². The Labute approximate surface area is 143 Å². The number of nitrogens with one attached hydrogen (secondary N) is 1. The highest BCUT2D eigenvalue weighted by molar-refractivity contribution is 5.79. The summed E-state index contributed by atoms with van der Waals surface area (Å²) in [5.41, 5.74) is 2.26. The maximum absolute atomic E-state index is 5.46. The standard InChI is InChI=1S/C18H25N5O/c1-19-18(22(2)13-15-8-11-24-14-15)20-12-16-6-3-4-7-17(16)23-10-5-9-21-23/h3-7,9-10,15H,8,11-14H2,1-2H3,(H,19,20). The Bertz CT molecular complexity index is 662. The van der Waals surface area contributed by atoms with Crippen molar-refractivity contribution >= 4 is 5.96 Å². The molecule has 3 rings (SSSR count). The Morgan fingerprint density at radius 2 is 2.29 bits per heavy atom. The Morgan fingerprint density at radius 3 is 3.00 bits per heavy atom. The van der Waals surface area contributed by atoms with Gasteiger partial charge < -0.3 is 15.0 Å². The van der Waals surface area contributed by atoms with Crippen LogP contribution < -0.4 is 5.32 Å². The van der Waals surface area contributed by atoms with Gasteiger partial charge in [0.05, 0.1) is 12.3 Å². The Hall–Kier alpha value is -2.34. The molecule has 1 aromatic heterocycles. The van der Waals surface area contributed by atoms with E-state index in [9.17, 15) is 0 Å². The van der Waals surface area contributed by atoms with E-state index >= 15 is 0 Å².